The zero-order valence-electron chi connectivity index (χ0n) is 13.5. The van der Waals surface area contributed by atoms with Crippen molar-refractivity contribution in [3.05, 3.63) is 64.7 Å². The number of hydrogen-bond donors (Lipinski definition) is 0. The van der Waals surface area contributed by atoms with Gasteiger partial charge in [-0.05, 0) is 38.1 Å². The summed E-state index contributed by atoms with van der Waals surface area (Å²) in [5, 5.41) is 0.778. The normalized spacial score (nSPS) is 15.7. The number of nitrogens with zero attached hydrogens (tertiary/aromatic N) is 1. The highest BCUT2D eigenvalue weighted by Crippen LogP contribution is 2.40. The van der Waals surface area contributed by atoms with E-state index < -0.39 is 10.2 Å². The highest BCUT2D eigenvalue weighted by Gasteiger charge is 2.44. The topological polar surface area (TPSA) is 95.2 Å². The number of fused-ring (bicyclic) bond motifs is 1. The molecule has 0 radical (unpaired) electrons. The Bertz CT molecular complexity index is 759. The smallest absolute Gasteiger partial charge is 0.209 e. The highest BCUT2D eigenvalue weighted by atomic mass is 35.7. The van der Waals surface area contributed by atoms with Crippen molar-refractivity contribution in [2.24, 2.45) is 0 Å². The molecule has 7 heteroatoms. The molecule has 2 aromatic rings. The molecule has 0 saturated heterocycles. The fraction of sp³-hybridized carbons (Fsp3) is 0.235. The van der Waals surface area contributed by atoms with E-state index in [1.807, 2.05) is 12.1 Å². The van der Waals surface area contributed by atoms with Crippen LogP contribution in [0, 0.1) is 10.2 Å². The van der Waals surface area contributed by atoms with Crippen LogP contribution >= 0.6 is 11.6 Å². The summed E-state index contributed by atoms with van der Waals surface area (Å²) in [6, 6.07) is 16.7. The van der Waals surface area contributed by atoms with Gasteiger partial charge in [0.05, 0.1) is 5.41 Å². The molecule has 0 aliphatic carbocycles. The second kappa shape index (κ2) is 6.80. The fourth-order valence-corrected chi connectivity index (χ4v) is 3.25. The van der Waals surface area contributed by atoms with Crippen LogP contribution in [0.15, 0.2) is 48.5 Å². The lowest BCUT2D eigenvalue weighted by molar-refractivity contribution is -2.00. The first kappa shape index (κ1) is 18.9. The molecule has 3 rings (SSSR count). The van der Waals surface area contributed by atoms with Crippen LogP contribution < -0.4 is 18.6 Å². The lowest BCUT2D eigenvalue weighted by Crippen LogP contribution is -2.68. The average Bonchev–Trinajstić information content (AvgIpc) is 2.67. The van der Waals surface area contributed by atoms with E-state index in [0.717, 1.165) is 5.02 Å². The predicted molar refractivity (Wildman–Crippen MR) is 80.9 cm³/mol. The largest absolute Gasteiger partial charge is 0.222 e. The Kier molecular flexibility index (Phi) is 5.34. The summed E-state index contributed by atoms with van der Waals surface area (Å²) in [5.74, 6) is 0. The molecule has 0 saturated carbocycles. The van der Waals surface area contributed by atoms with Crippen LogP contribution in [0.5, 0.6) is 0 Å². The van der Waals surface area contributed by atoms with Gasteiger partial charge >= 0.3 is 0 Å². The van der Waals surface area contributed by atoms with Gasteiger partial charge in [-0.2, -0.15) is 4.58 Å². The quantitative estimate of drug-likeness (QED) is 0.641. The second-order valence-electron chi connectivity index (χ2n) is 5.93. The maximum atomic E-state index is 8.49. The molecule has 0 aromatic heterocycles. The molecular formula is C17H17Cl2NO4. The van der Waals surface area contributed by atoms with E-state index in [0.29, 0.717) is 0 Å². The molecule has 1 aliphatic heterocycles. The Morgan fingerprint density at radius 1 is 0.917 bits per heavy atom. The van der Waals surface area contributed by atoms with Crippen LogP contribution in [0.1, 0.15) is 25.0 Å². The first-order valence-corrected chi connectivity index (χ1v) is 8.71. The first-order chi connectivity index (χ1) is 11.0. The van der Waals surface area contributed by atoms with Crippen molar-refractivity contribution in [2.45, 2.75) is 19.3 Å². The molecule has 5 nitrogen and oxygen atoms in total. The summed E-state index contributed by atoms with van der Waals surface area (Å²) in [4.78, 5) is 0. The Labute approximate surface area is 147 Å². The summed E-state index contributed by atoms with van der Waals surface area (Å²) in [6.07, 6.45) is 0. The van der Waals surface area contributed by atoms with Gasteiger partial charge in [0.15, 0.2) is 5.71 Å². The molecule has 0 unspecified atom stereocenters. The van der Waals surface area contributed by atoms with Crippen molar-refractivity contribution in [2.75, 3.05) is 7.05 Å². The summed E-state index contributed by atoms with van der Waals surface area (Å²) < 4.78 is 36.3. The summed E-state index contributed by atoms with van der Waals surface area (Å²) in [5.41, 5.74) is 5.23. The van der Waals surface area contributed by atoms with Crippen molar-refractivity contribution in [1.29, 1.82) is 0 Å². The lowest BCUT2D eigenvalue weighted by Gasteiger charge is -2.17. The van der Waals surface area contributed by atoms with Crippen LogP contribution in [0.2, 0.25) is 5.02 Å². The Morgan fingerprint density at radius 2 is 1.42 bits per heavy atom. The minimum atomic E-state index is -4.94. The average molecular weight is 370 g/mol. The number of para-hydroxylation sites is 1. The predicted octanol–water partition coefficient (Wildman–Crippen LogP) is -0.362. The van der Waals surface area contributed by atoms with Crippen LogP contribution in [0.4, 0.5) is 5.69 Å². The van der Waals surface area contributed by atoms with Crippen molar-refractivity contribution in [3.8, 4) is 0 Å². The van der Waals surface area contributed by atoms with E-state index in [4.69, 9.17) is 30.2 Å². The Hall–Kier alpha value is -1.47. The van der Waals surface area contributed by atoms with Gasteiger partial charge in [-0.25, -0.2) is 18.6 Å². The molecule has 24 heavy (non-hydrogen) atoms. The van der Waals surface area contributed by atoms with E-state index in [1.165, 1.54) is 22.5 Å². The van der Waals surface area contributed by atoms with Gasteiger partial charge in [0.2, 0.25) is 5.69 Å². The van der Waals surface area contributed by atoms with Gasteiger partial charge in [-0.3, -0.25) is 0 Å². The fourth-order valence-electron chi connectivity index (χ4n) is 3.12. The molecule has 128 valence electrons. The van der Waals surface area contributed by atoms with E-state index in [1.54, 1.807) is 0 Å². The minimum absolute atomic E-state index is 0.0131. The van der Waals surface area contributed by atoms with E-state index in [2.05, 4.69) is 61.9 Å². The van der Waals surface area contributed by atoms with Gasteiger partial charge < -0.3 is 0 Å². The maximum absolute atomic E-state index is 8.49. The van der Waals surface area contributed by atoms with Crippen molar-refractivity contribution in [1.82, 2.24) is 0 Å². The number of hydrogen-bond acceptors (Lipinski definition) is 4. The van der Waals surface area contributed by atoms with Gasteiger partial charge in [0.1, 0.15) is 7.05 Å². The maximum Gasteiger partial charge on any atom is 0.209 e. The summed E-state index contributed by atoms with van der Waals surface area (Å²) in [6.45, 7) is 4.55. The molecule has 1 heterocycles. The lowest BCUT2D eigenvalue weighted by atomic mass is 9.79. The molecule has 0 N–H and O–H groups in total. The standard InChI is InChI=1S/C17H17ClN.ClHO4/c1-17(2)14-6-4-5-7-15(14)19(3)16(17)12-8-10-13(18)11-9-12;2-1(3,4)5/h4-11H,1-3H3;(H,2,3,4,5)/q+1;/p-1. The highest BCUT2D eigenvalue weighted by molar-refractivity contribution is 6.30. The van der Waals surface area contributed by atoms with Crippen molar-refractivity contribution in [3.63, 3.8) is 0 Å². The molecule has 0 spiro atoms. The van der Waals surface area contributed by atoms with Gasteiger partial charge in [-0.15, -0.1) is 10.2 Å². The Balaban J connectivity index is 0.000000368. The van der Waals surface area contributed by atoms with Crippen LogP contribution in [-0.2, 0) is 5.41 Å². The van der Waals surface area contributed by atoms with Crippen LogP contribution in [0.25, 0.3) is 0 Å². The van der Waals surface area contributed by atoms with E-state index >= 15 is 0 Å². The minimum Gasteiger partial charge on any atom is -0.222 e. The summed E-state index contributed by atoms with van der Waals surface area (Å²) in [7, 11) is -2.81. The zero-order chi connectivity index (χ0) is 18.1. The monoisotopic (exact) mass is 369 g/mol. The van der Waals surface area contributed by atoms with Crippen LogP contribution in [0.3, 0.4) is 0 Å². The second-order valence-corrected chi connectivity index (χ2v) is 7.13. The molecule has 1 aliphatic rings. The summed E-state index contributed by atoms with van der Waals surface area (Å²) >= 11 is 5.99. The molecular weight excluding hydrogens is 353 g/mol. The third-order valence-electron chi connectivity index (χ3n) is 3.98. The number of rotatable bonds is 1. The number of halogens is 2. The molecule has 0 amide bonds. The van der Waals surface area contributed by atoms with Gasteiger partial charge in [0.25, 0.3) is 0 Å². The van der Waals surface area contributed by atoms with Crippen LogP contribution in [-0.4, -0.2) is 17.3 Å². The molecule has 2 aromatic carbocycles. The number of benzene rings is 2. The first-order valence-electron chi connectivity index (χ1n) is 7.10. The molecule has 0 atom stereocenters. The van der Waals surface area contributed by atoms with E-state index in [9.17, 15) is 0 Å². The SMILES string of the molecule is C[N+]1=C(c2ccc(Cl)cc2)C(C)(C)c2ccccc21.[O-][Cl+3]([O-])([O-])[O-]. The van der Waals surface area contributed by atoms with Crippen molar-refractivity contribution >= 4 is 23.0 Å². The Morgan fingerprint density at radius 3 is 1.92 bits per heavy atom. The third kappa shape index (κ3) is 4.13. The van der Waals surface area contributed by atoms with Gasteiger partial charge in [0, 0.05) is 22.2 Å². The van der Waals surface area contributed by atoms with Crippen molar-refractivity contribution < 1.29 is 33.5 Å². The molecule has 0 bridgehead atoms. The third-order valence-corrected chi connectivity index (χ3v) is 4.24. The zero-order valence-corrected chi connectivity index (χ0v) is 15.0. The van der Waals surface area contributed by atoms with Gasteiger partial charge in [-0.1, -0.05) is 29.8 Å². The van der Waals surface area contributed by atoms with E-state index in [-0.39, 0.29) is 5.41 Å². The molecule has 0 fully saturated rings.